The van der Waals surface area contributed by atoms with Gasteiger partial charge in [0.2, 0.25) is 0 Å². The van der Waals surface area contributed by atoms with Crippen LogP contribution in [-0.4, -0.2) is 16.5 Å². The first-order chi connectivity index (χ1) is 12.3. The predicted molar refractivity (Wildman–Crippen MR) is 98.7 cm³/mol. The molecule has 126 valence electrons. The molecule has 0 radical (unpaired) electrons. The van der Waals surface area contributed by atoms with E-state index in [9.17, 15) is 0 Å². The number of nitrogens with zero attached hydrogens (tertiary/aromatic N) is 2. The number of aromatic nitrogens is 2. The fraction of sp³-hybridized carbons (Fsp3) is 0.158. The van der Waals surface area contributed by atoms with Crippen molar-refractivity contribution in [3.63, 3.8) is 0 Å². The van der Waals surface area contributed by atoms with Gasteiger partial charge in [-0.15, -0.1) is 0 Å². The summed E-state index contributed by atoms with van der Waals surface area (Å²) in [5.41, 5.74) is 2.38. The number of rotatable bonds is 4. The van der Waals surface area contributed by atoms with Crippen LogP contribution in [0.15, 0.2) is 54.7 Å². The maximum atomic E-state index is 6.14. The van der Waals surface area contributed by atoms with Crippen molar-refractivity contribution in [3.05, 3.63) is 71.0 Å². The number of nitrogens with one attached hydrogen (secondary N) is 2. The number of benzene rings is 1. The number of hydrogen-bond donors (Lipinski definition) is 2. The summed E-state index contributed by atoms with van der Waals surface area (Å²) in [6.07, 6.45) is 2.63. The van der Waals surface area contributed by atoms with Crippen molar-refractivity contribution >= 4 is 23.2 Å². The molecule has 2 aromatic heterocycles. The SMILES string of the molecule is Clc1ccccc1Oc1ccnc(Nc2ccc3c(n2)CCNC3)c1. The Morgan fingerprint density at radius 1 is 1.08 bits per heavy atom. The van der Waals surface area contributed by atoms with E-state index in [1.807, 2.05) is 30.3 Å². The van der Waals surface area contributed by atoms with E-state index in [-0.39, 0.29) is 0 Å². The molecule has 1 aliphatic heterocycles. The third-order valence-electron chi connectivity index (χ3n) is 3.97. The van der Waals surface area contributed by atoms with Crippen LogP contribution in [-0.2, 0) is 13.0 Å². The lowest BCUT2D eigenvalue weighted by Gasteiger charge is -2.17. The summed E-state index contributed by atoms with van der Waals surface area (Å²) in [6, 6.07) is 15.1. The highest BCUT2D eigenvalue weighted by Gasteiger charge is 2.11. The first-order valence-corrected chi connectivity index (χ1v) is 8.51. The molecule has 3 aromatic rings. The third kappa shape index (κ3) is 3.73. The van der Waals surface area contributed by atoms with Crippen LogP contribution in [0, 0.1) is 0 Å². The first-order valence-electron chi connectivity index (χ1n) is 8.13. The molecule has 0 fully saturated rings. The van der Waals surface area contributed by atoms with E-state index < -0.39 is 0 Å². The molecule has 0 unspecified atom stereocenters. The molecule has 5 nitrogen and oxygen atoms in total. The van der Waals surface area contributed by atoms with Gasteiger partial charge in [0.15, 0.2) is 0 Å². The zero-order valence-corrected chi connectivity index (χ0v) is 14.3. The normalized spacial score (nSPS) is 13.2. The summed E-state index contributed by atoms with van der Waals surface area (Å²) in [4.78, 5) is 9.02. The molecule has 4 rings (SSSR count). The molecule has 1 aliphatic rings. The van der Waals surface area contributed by atoms with Crippen molar-refractivity contribution in [1.29, 1.82) is 0 Å². The lowest BCUT2D eigenvalue weighted by molar-refractivity contribution is 0.482. The average Bonchev–Trinajstić information content (AvgIpc) is 2.64. The van der Waals surface area contributed by atoms with Crippen molar-refractivity contribution in [3.8, 4) is 11.5 Å². The summed E-state index contributed by atoms with van der Waals surface area (Å²) in [7, 11) is 0. The standard InChI is InChI=1S/C19H17ClN4O/c20-15-3-1-2-4-17(15)25-14-7-10-22-19(11-14)24-18-6-5-13-12-21-9-8-16(13)23-18/h1-7,10-11,21H,8-9,12H2,(H,22,23,24). The number of fused-ring (bicyclic) bond motifs is 1. The predicted octanol–water partition coefficient (Wildman–Crippen LogP) is 4.31. The number of ether oxygens (including phenoxy) is 1. The van der Waals surface area contributed by atoms with Crippen LogP contribution in [0.4, 0.5) is 11.6 Å². The van der Waals surface area contributed by atoms with Crippen molar-refractivity contribution in [1.82, 2.24) is 15.3 Å². The molecular weight excluding hydrogens is 336 g/mol. The Bertz CT molecular complexity index is 900. The van der Waals surface area contributed by atoms with E-state index in [1.165, 1.54) is 5.56 Å². The van der Waals surface area contributed by atoms with E-state index in [2.05, 4.69) is 26.7 Å². The zero-order chi connectivity index (χ0) is 17.1. The van der Waals surface area contributed by atoms with Gasteiger partial charge in [-0.2, -0.15) is 0 Å². The quantitative estimate of drug-likeness (QED) is 0.732. The minimum absolute atomic E-state index is 0.568. The molecule has 0 atom stereocenters. The molecule has 1 aromatic carbocycles. The summed E-state index contributed by atoms with van der Waals surface area (Å²) in [6.45, 7) is 1.84. The molecule has 0 amide bonds. The fourth-order valence-electron chi connectivity index (χ4n) is 2.74. The Morgan fingerprint density at radius 2 is 2.00 bits per heavy atom. The highest BCUT2D eigenvalue weighted by atomic mass is 35.5. The second kappa shape index (κ2) is 7.09. The van der Waals surface area contributed by atoms with Gasteiger partial charge >= 0.3 is 0 Å². The van der Waals surface area contributed by atoms with Gasteiger partial charge in [-0.1, -0.05) is 29.8 Å². The van der Waals surface area contributed by atoms with Gasteiger partial charge in [0.05, 0.1) is 5.02 Å². The molecule has 6 heteroatoms. The topological polar surface area (TPSA) is 59.1 Å². The van der Waals surface area contributed by atoms with Crippen molar-refractivity contribution in [2.75, 3.05) is 11.9 Å². The number of anilines is 2. The Morgan fingerprint density at radius 3 is 2.92 bits per heavy atom. The fourth-order valence-corrected chi connectivity index (χ4v) is 2.91. The molecule has 25 heavy (non-hydrogen) atoms. The number of para-hydroxylation sites is 1. The van der Waals surface area contributed by atoms with Crippen LogP contribution in [0.1, 0.15) is 11.3 Å². The Labute approximate surface area is 151 Å². The van der Waals surface area contributed by atoms with Crippen LogP contribution in [0.5, 0.6) is 11.5 Å². The molecular formula is C19H17ClN4O. The van der Waals surface area contributed by atoms with Crippen molar-refractivity contribution < 1.29 is 4.74 Å². The summed E-state index contributed by atoms with van der Waals surface area (Å²) < 4.78 is 5.84. The molecule has 0 bridgehead atoms. The summed E-state index contributed by atoms with van der Waals surface area (Å²) >= 11 is 6.14. The second-order valence-electron chi connectivity index (χ2n) is 5.76. The van der Waals surface area contributed by atoms with Crippen LogP contribution >= 0.6 is 11.6 Å². The van der Waals surface area contributed by atoms with Crippen LogP contribution in [0.2, 0.25) is 5.02 Å². The van der Waals surface area contributed by atoms with E-state index in [1.54, 1.807) is 18.3 Å². The monoisotopic (exact) mass is 352 g/mol. The lowest BCUT2D eigenvalue weighted by Crippen LogP contribution is -2.24. The smallest absolute Gasteiger partial charge is 0.146 e. The van der Waals surface area contributed by atoms with E-state index in [0.717, 1.165) is 31.0 Å². The Balaban J connectivity index is 1.53. The average molecular weight is 353 g/mol. The maximum Gasteiger partial charge on any atom is 0.146 e. The number of hydrogen-bond acceptors (Lipinski definition) is 5. The van der Waals surface area contributed by atoms with Crippen molar-refractivity contribution in [2.24, 2.45) is 0 Å². The molecule has 2 N–H and O–H groups in total. The van der Waals surface area contributed by atoms with Gasteiger partial charge in [-0.25, -0.2) is 9.97 Å². The van der Waals surface area contributed by atoms with Gasteiger partial charge in [-0.3, -0.25) is 0 Å². The lowest BCUT2D eigenvalue weighted by atomic mass is 10.1. The maximum absolute atomic E-state index is 6.14. The Kier molecular flexibility index (Phi) is 4.50. The zero-order valence-electron chi connectivity index (χ0n) is 13.5. The summed E-state index contributed by atoms with van der Waals surface area (Å²) in [5.74, 6) is 2.72. The molecule has 0 spiro atoms. The molecule has 0 saturated carbocycles. The molecule has 0 aliphatic carbocycles. The third-order valence-corrected chi connectivity index (χ3v) is 4.29. The number of pyridine rings is 2. The van der Waals surface area contributed by atoms with Gasteiger partial charge in [-0.05, 0) is 29.8 Å². The van der Waals surface area contributed by atoms with Gasteiger partial charge in [0.1, 0.15) is 23.1 Å². The second-order valence-corrected chi connectivity index (χ2v) is 6.17. The van der Waals surface area contributed by atoms with E-state index in [0.29, 0.717) is 22.3 Å². The van der Waals surface area contributed by atoms with Crippen LogP contribution in [0.3, 0.4) is 0 Å². The molecule has 3 heterocycles. The van der Waals surface area contributed by atoms with Crippen molar-refractivity contribution in [2.45, 2.75) is 13.0 Å². The van der Waals surface area contributed by atoms with E-state index >= 15 is 0 Å². The van der Waals surface area contributed by atoms with Crippen LogP contribution < -0.4 is 15.4 Å². The van der Waals surface area contributed by atoms with Gasteiger partial charge in [0.25, 0.3) is 0 Å². The minimum atomic E-state index is 0.568. The largest absolute Gasteiger partial charge is 0.456 e. The molecule has 0 saturated heterocycles. The number of halogens is 1. The van der Waals surface area contributed by atoms with Gasteiger partial charge in [0, 0.05) is 37.5 Å². The van der Waals surface area contributed by atoms with Crippen LogP contribution in [0.25, 0.3) is 0 Å². The van der Waals surface area contributed by atoms with E-state index in [4.69, 9.17) is 16.3 Å². The highest BCUT2D eigenvalue weighted by Crippen LogP contribution is 2.30. The first kappa shape index (κ1) is 15.9. The Hall–Kier alpha value is -2.63. The summed E-state index contributed by atoms with van der Waals surface area (Å²) in [5, 5.41) is 7.15. The highest BCUT2D eigenvalue weighted by molar-refractivity contribution is 6.32. The van der Waals surface area contributed by atoms with Gasteiger partial charge < -0.3 is 15.4 Å². The minimum Gasteiger partial charge on any atom is -0.456 e.